The highest BCUT2D eigenvalue weighted by atomic mass is 35.5. The molecule has 7 nitrogen and oxygen atoms in total. The molecule has 0 spiro atoms. The van der Waals surface area contributed by atoms with Crippen LogP contribution in [0.5, 0.6) is 0 Å². The molecule has 3 aromatic heterocycles. The monoisotopic (exact) mass is 409 g/mol. The van der Waals surface area contributed by atoms with Crippen LogP contribution >= 0.6 is 12.4 Å². The Kier molecular flexibility index (Phi) is 6.04. The van der Waals surface area contributed by atoms with Crippen LogP contribution < -0.4 is 5.32 Å². The van der Waals surface area contributed by atoms with E-state index in [1.807, 2.05) is 30.2 Å². The minimum atomic E-state index is -2.86. The van der Waals surface area contributed by atoms with E-state index in [0.717, 1.165) is 11.3 Å². The zero-order valence-corrected chi connectivity index (χ0v) is 16.2. The smallest absolute Gasteiger partial charge is 0.280 e. The molecule has 10 heteroatoms. The van der Waals surface area contributed by atoms with E-state index in [2.05, 4.69) is 30.5 Å². The van der Waals surface area contributed by atoms with Crippen molar-refractivity contribution in [2.45, 2.75) is 31.7 Å². The number of hydrogen-bond donors (Lipinski definition) is 2. The van der Waals surface area contributed by atoms with Crippen LogP contribution in [0.25, 0.3) is 11.0 Å². The number of nitrogens with zero attached hydrogens (tertiary/aromatic N) is 5. The van der Waals surface area contributed by atoms with E-state index in [1.54, 1.807) is 6.20 Å². The van der Waals surface area contributed by atoms with Gasteiger partial charge in [-0.05, 0) is 31.4 Å². The molecule has 1 atom stereocenters. The second-order valence-electron chi connectivity index (χ2n) is 6.94. The second kappa shape index (κ2) is 8.32. The Morgan fingerprint density at radius 2 is 2.11 bits per heavy atom. The normalized spacial score (nSPS) is 19.3. The third kappa shape index (κ3) is 4.36. The first-order valence-electron chi connectivity index (χ1n) is 8.93. The van der Waals surface area contributed by atoms with Crippen molar-refractivity contribution in [3.63, 3.8) is 0 Å². The summed E-state index contributed by atoms with van der Waals surface area (Å²) in [6.45, 7) is 2.85. The first kappa shape index (κ1) is 20.3. The Bertz CT molecular complexity index is 916. The van der Waals surface area contributed by atoms with Crippen molar-refractivity contribution in [3.05, 3.63) is 42.1 Å². The van der Waals surface area contributed by atoms with Crippen LogP contribution in [0.4, 0.5) is 14.6 Å². The molecule has 1 fully saturated rings. The van der Waals surface area contributed by atoms with Crippen molar-refractivity contribution < 1.29 is 8.78 Å². The fraction of sp³-hybridized carbons (Fsp3) is 0.444. The number of anilines is 1. The summed E-state index contributed by atoms with van der Waals surface area (Å²) in [6, 6.07) is 2.97. The Morgan fingerprint density at radius 3 is 2.86 bits per heavy atom. The molecular weight excluding hydrogens is 388 g/mol. The minimum Gasteiger partial charge on any atom is -0.360 e. The summed E-state index contributed by atoms with van der Waals surface area (Å²) in [5.74, 6) is -2.47. The number of aromatic amines is 1. The maximum atomic E-state index is 14.7. The Labute approximate surface area is 167 Å². The molecule has 3 aromatic rings. The summed E-state index contributed by atoms with van der Waals surface area (Å²) in [6.07, 6.45) is 5.74. The maximum Gasteiger partial charge on any atom is 0.280 e. The van der Waals surface area contributed by atoms with Crippen LogP contribution in [-0.4, -0.2) is 61.6 Å². The summed E-state index contributed by atoms with van der Waals surface area (Å²) >= 11 is 0. The second-order valence-corrected chi connectivity index (χ2v) is 6.94. The lowest BCUT2D eigenvalue weighted by Gasteiger charge is -2.38. The highest BCUT2D eigenvalue weighted by Gasteiger charge is 2.44. The average molecular weight is 410 g/mol. The molecule has 1 aliphatic rings. The number of aryl methyl sites for hydroxylation is 1. The van der Waals surface area contributed by atoms with Crippen LogP contribution in [0.2, 0.25) is 0 Å². The van der Waals surface area contributed by atoms with E-state index in [4.69, 9.17) is 0 Å². The predicted molar refractivity (Wildman–Crippen MR) is 105 cm³/mol. The molecular formula is C18H22ClF2N7. The van der Waals surface area contributed by atoms with Crippen molar-refractivity contribution in [2.24, 2.45) is 0 Å². The van der Waals surface area contributed by atoms with Gasteiger partial charge in [-0.3, -0.25) is 15.0 Å². The summed E-state index contributed by atoms with van der Waals surface area (Å²) in [4.78, 5) is 14.2. The molecule has 1 unspecified atom stereocenters. The van der Waals surface area contributed by atoms with E-state index in [0.29, 0.717) is 42.8 Å². The van der Waals surface area contributed by atoms with Crippen molar-refractivity contribution in [3.8, 4) is 0 Å². The van der Waals surface area contributed by atoms with Gasteiger partial charge in [0.25, 0.3) is 5.92 Å². The molecule has 0 aliphatic carbocycles. The Morgan fingerprint density at radius 1 is 1.25 bits per heavy atom. The number of pyridine rings is 1. The SMILES string of the molecule is Cc1ccc(CCN2CCC(Nc3ncnc4[nH]ncc34)C(F)(F)C2)cn1.Cl. The summed E-state index contributed by atoms with van der Waals surface area (Å²) in [7, 11) is 0. The van der Waals surface area contributed by atoms with Gasteiger partial charge in [-0.2, -0.15) is 5.10 Å². The van der Waals surface area contributed by atoms with E-state index in [1.165, 1.54) is 6.33 Å². The molecule has 4 rings (SSSR count). The lowest BCUT2D eigenvalue weighted by atomic mass is 10.00. The molecule has 0 radical (unpaired) electrons. The molecule has 28 heavy (non-hydrogen) atoms. The molecule has 0 amide bonds. The number of hydrogen-bond acceptors (Lipinski definition) is 6. The first-order valence-corrected chi connectivity index (χ1v) is 8.93. The van der Waals surface area contributed by atoms with E-state index < -0.39 is 12.0 Å². The standard InChI is InChI=1S/C18H21F2N7.ClH/c1-12-2-3-13(8-21-12)4-6-27-7-5-15(18(19,20)10-27)25-16-14-9-24-26-17(14)23-11-22-16;/h2-3,8-9,11,15H,4-7,10H2,1H3,(H2,22,23,24,25,26);1H. The number of rotatable bonds is 5. The number of alkyl halides is 2. The van der Waals surface area contributed by atoms with Crippen LogP contribution in [0.3, 0.4) is 0 Å². The van der Waals surface area contributed by atoms with Crippen molar-refractivity contribution in [1.29, 1.82) is 0 Å². The maximum absolute atomic E-state index is 14.7. The van der Waals surface area contributed by atoms with E-state index >= 15 is 0 Å². The zero-order chi connectivity index (χ0) is 18.9. The summed E-state index contributed by atoms with van der Waals surface area (Å²) < 4.78 is 29.5. The van der Waals surface area contributed by atoms with Crippen LogP contribution in [0, 0.1) is 6.92 Å². The number of likely N-dealkylation sites (tertiary alicyclic amines) is 1. The fourth-order valence-corrected chi connectivity index (χ4v) is 3.36. The quantitative estimate of drug-likeness (QED) is 0.674. The average Bonchev–Trinajstić information content (AvgIpc) is 3.13. The predicted octanol–water partition coefficient (Wildman–Crippen LogP) is 2.84. The molecule has 0 aromatic carbocycles. The molecule has 1 saturated heterocycles. The van der Waals surface area contributed by atoms with Crippen LogP contribution in [0.15, 0.2) is 30.9 Å². The Balaban J connectivity index is 0.00000225. The highest BCUT2D eigenvalue weighted by Crippen LogP contribution is 2.31. The van der Waals surface area contributed by atoms with Crippen molar-refractivity contribution in [2.75, 3.05) is 25.0 Å². The van der Waals surface area contributed by atoms with Gasteiger partial charge in [-0.1, -0.05) is 6.07 Å². The first-order chi connectivity index (χ1) is 13.0. The van der Waals surface area contributed by atoms with Gasteiger partial charge in [0.2, 0.25) is 0 Å². The summed E-state index contributed by atoms with van der Waals surface area (Å²) in [5, 5.41) is 10.1. The number of piperidine rings is 1. The molecule has 2 N–H and O–H groups in total. The Hall–Kier alpha value is -2.39. The topological polar surface area (TPSA) is 82.6 Å². The lowest BCUT2D eigenvalue weighted by Crippen LogP contribution is -2.54. The van der Waals surface area contributed by atoms with Gasteiger partial charge in [-0.15, -0.1) is 12.4 Å². The van der Waals surface area contributed by atoms with Crippen LogP contribution in [0.1, 0.15) is 17.7 Å². The van der Waals surface area contributed by atoms with Crippen molar-refractivity contribution in [1.82, 2.24) is 30.0 Å². The van der Waals surface area contributed by atoms with Crippen molar-refractivity contribution >= 4 is 29.3 Å². The van der Waals surface area contributed by atoms with E-state index in [-0.39, 0.29) is 19.0 Å². The third-order valence-electron chi connectivity index (χ3n) is 4.93. The van der Waals surface area contributed by atoms with E-state index in [9.17, 15) is 8.78 Å². The number of aromatic nitrogens is 5. The molecule has 0 bridgehead atoms. The number of H-pyrrole nitrogens is 1. The van der Waals surface area contributed by atoms with Gasteiger partial charge in [0.05, 0.1) is 24.2 Å². The molecule has 150 valence electrons. The van der Waals surface area contributed by atoms with Gasteiger partial charge < -0.3 is 5.32 Å². The molecule has 4 heterocycles. The third-order valence-corrected chi connectivity index (χ3v) is 4.93. The number of fused-ring (bicyclic) bond motifs is 1. The summed E-state index contributed by atoms with van der Waals surface area (Å²) in [5.41, 5.74) is 2.54. The van der Waals surface area contributed by atoms with Gasteiger partial charge in [0.1, 0.15) is 12.1 Å². The number of nitrogens with one attached hydrogen (secondary N) is 2. The highest BCUT2D eigenvalue weighted by molar-refractivity contribution is 5.86. The molecule has 1 aliphatic heterocycles. The zero-order valence-electron chi connectivity index (χ0n) is 15.4. The largest absolute Gasteiger partial charge is 0.360 e. The van der Waals surface area contributed by atoms with Crippen LogP contribution in [-0.2, 0) is 6.42 Å². The minimum absolute atomic E-state index is 0. The lowest BCUT2D eigenvalue weighted by molar-refractivity contribution is -0.0734. The number of halogens is 3. The van der Waals surface area contributed by atoms with Gasteiger partial charge in [0.15, 0.2) is 5.65 Å². The molecule has 0 saturated carbocycles. The van der Waals surface area contributed by atoms with Gasteiger partial charge >= 0.3 is 0 Å². The van der Waals surface area contributed by atoms with Gasteiger partial charge in [-0.25, -0.2) is 18.7 Å². The fourth-order valence-electron chi connectivity index (χ4n) is 3.36. The van der Waals surface area contributed by atoms with Gasteiger partial charge in [0, 0.05) is 25.0 Å².